The van der Waals surface area contributed by atoms with E-state index in [4.69, 9.17) is 5.11 Å². The number of carboxylic acids is 1. The van der Waals surface area contributed by atoms with E-state index in [1.165, 1.54) is 7.05 Å². The van der Waals surface area contributed by atoms with Crippen LogP contribution in [-0.4, -0.2) is 42.1 Å². The van der Waals surface area contributed by atoms with Crippen molar-refractivity contribution in [3.05, 3.63) is 35.9 Å². The number of hydrogen-bond acceptors (Lipinski definition) is 3. The highest BCUT2D eigenvalue weighted by atomic mass is 16.4. The zero-order chi connectivity index (χ0) is 17.9. The van der Waals surface area contributed by atoms with Crippen molar-refractivity contribution in [1.82, 2.24) is 16.0 Å². The highest BCUT2D eigenvalue weighted by Crippen LogP contribution is 2.08. The van der Waals surface area contributed by atoms with Gasteiger partial charge in [0, 0.05) is 19.5 Å². The van der Waals surface area contributed by atoms with E-state index in [1.807, 2.05) is 30.3 Å². The van der Waals surface area contributed by atoms with Crippen molar-refractivity contribution in [2.45, 2.75) is 44.7 Å². The Morgan fingerprint density at radius 1 is 1.12 bits per heavy atom. The fraction of sp³-hybridized carbons (Fsp3) is 0.471. The van der Waals surface area contributed by atoms with E-state index in [0.29, 0.717) is 19.3 Å². The third-order valence-electron chi connectivity index (χ3n) is 3.64. The molecular weight excluding hydrogens is 310 g/mol. The number of nitrogens with one attached hydrogen (secondary N) is 3. The van der Waals surface area contributed by atoms with Crippen LogP contribution in [0.1, 0.15) is 31.7 Å². The molecule has 3 amide bonds. The van der Waals surface area contributed by atoms with Gasteiger partial charge < -0.3 is 21.1 Å². The molecule has 1 aromatic rings. The van der Waals surface area contributed by atoms with E-state index in [-0.39, 0.29) is 18.4 Å². The first-order chi connectivity index (χ1) is 11.5. The average Bonchev–Trinajstić information content (AvgIpc) is 2.57. The Bertz CT molecular complexity index is 548. The zero-order valence-electron chi connectivity index (χ0n) is 14.0. The average molecular weight is 335 g/mol. The molecule has 7 nitrogen and oxygen atoms in total. The first-order valence-corrected chi connectivity index (χ1v) is 8.00. The number of hydrogen-bond donors (Lipinski definition) is 4. The summed E-state index contributed by atoms with van der Waals surface area (Å²) in [6.07, 6.45) is 1.27. The predicted molar refractivity (Wildman–Crippen MR) is 90.6 cm³/mol. The number of benzene rings is 1. The van der Waals surface area contributed by atoms with Gasteiger partial charge in [0.25, 0.3) is 0 Å². The van der Waals surface area contributed by atoms with Crippen LogP contribution >= 0.6 is 0 Å². The van der Waals surface area contributed by atoms with E-state index >= 15 is 0 Å². The monoisotopic (exact) mass is 335 g/mol. The first kappa shape index (κ1) is 19.5. The van der Waals surface area contributed by atoms with Gasteiger partial charge in [-0.3, -0.25) is 9.59 Å². The number of amides is 3. The molecule has 0 aliphatic rings. The van der Waals surface area contributed by atoms with Crippen molar-refractivity contribution in [2.75, 3.05) is 7.05 Å². The summed E-state index contributed by atoms with van der Waals surface area (Å²) in [4.78, 5) is 34.6. The van der Waals surface area contributed by atoms with Crippen LogP contribution in [0.2, 0.25) is 0 Å². The number of likely N-dealkylation sites (N-methyl/N-ethyl adjacent to an activating group) is 1. The number of urea groups is 1. The number of aliphatic carboxylic acids is 1. The second-order valence-corrected chi connectivity index (χ2v) is 5.51. The largest absolute Gasteiger partial charge is 0.481 e. The quantitative estimate of drug-likeness (QED) is 0.545. The lowest BCUT2D eigenvalue weighted by Crippen LogP contribution is -2.51. The fourth-order valence-electron chi connectivity index (χ4n) is 2.33. The van der Waals surface area contributed by atoms with Gasteiger partial charge in [-0.1, -0.05) is 37.3 Å². The summed E-state index contributed by atoms with van der Waals surface area (Å²) in [6.45, 7) is 1.80. The molecule has 0 aliphatic heterocycles. The molecule has 0 heterocycles. The van der Waals surface area contributed by atoms with Gasteiger partial charge in [0.2, 0.25) is 5.91 Å². The first-order valence-electron chi connectivity index (χ1n) is 8.00. The minimum atomic E-state index is -0.910. The van der Waals surface area contributed by atoms with E-state index in [1.54, 1.807) is 6.92 Å². The Labute approximate surface area is 141 Å². The minimum absolute atomic E-state index is 0.0373. The SMILES string of the molecule is CCC(NC(=O)NC(CCC(=O)O)Cc1ccccc1)C(=O)NC. The van der Waals surface area contributed by atoms with Gasteiger partial charge in [0.1, 0.15) is 6.04 Å². The molecule has 0 spiro atoms. The van der Waals surface area contributed by atoms with Crippen molar-refractivity contribution in [1.29, 1.82) is 0 Å². The van der Waals surface area contributed by atoms with Crippen LogP contribution in [0, 0.1) is 0 Å². The van der Waals surface area contributed by atoms with Crippen molar-refractivity contribution >= 4 is 17.9 Å². The number of rotatable bonds is 9. The highest BCUT2D eigenvalue weighted by molar-refractivity contribution is 5.86. The van der Waals surface area contributed by atoms with Crippen molar-refractivity contribution in [3.8, 4) is 0 Å². The second kappa shape index (κ2) is 10.3. The smallest absolute Gasteiger partial charge is 0.315 e. The van der Waals surface area contributed by atoms with Crippen LogP contribution in [0.3, 0.4) is 0 Å². The van der Waals surface area contributed by atoms with Crippen LogP contribution in [0.25, 0.3) is 0 Å². The summed E-state index contributed by atoms with van der Waals surface area (Å²) in [5.41, 5.74) is 1.01. The van der Waals surface area contributed by atoms with Gasteiger partial charge >= 0.3 is 12.0 Å². The molecular formula is C17H25N3O4. The predicted octanol–water partition coefficient (Wildman–Crippen LogP) is 1.29. The third-order valence-corrected chi connectivity index (χ3v) is 3.64. The van der Waals surface area contributed by atoms with Crippen LogP contribution in [0.15, 0.2) is 30.3 Å². The van der Waals surface area contributed by atoms with Crippen molar-refractivity contribution < 1.29 is 19.5 Å². The lowest BCUT2D eigenvalue weighted by atomic mass is 10.0. The van der Waals surface area contributed by atoms with Crippen LogP contribution in [0.4, 0.5) is 4.79 Å². The lowest BCUT2D eigenvalue weighted by Gasteiger charge is -2.21. The van der Waals surface area contributed by atoms with Crippen LogP contribution in [-0.2, 0) is 16.0 Å². The Morgan fingerprint density at radius 2 is 1.79 bits per heavy atom. The fourth-order valence-corrected chi connectivity index (χ4v) is 2.33. The topological polar surface area (TPSA) is 108 Å². The molecule has 0 bridgehead atoms. The molecule has 0 aliphatic carbocycles. The molecule has 1 rings (SSSR count). The Hall–Kier alpha value is -2.57. The Morgan fingerprint density at radius 3 is 2.33 bits per heavy atom. The molecule has 0 saturated heterocycles. The molecule has 0 aromatic heterocycles. The summed E-state index contributed by atoms with van der Waals surface area (Å²) < 4.78 is 0. The molecule has 1 aromatic carbocycles. The number of carboxylic acid groups (broad SMARTS) is 1. The molecule has 0 saturated carbocycles. The Balaban J connectivity index is 2.67. The van der Waals surface area contributed by atoms with Gasteiger partial charge in [0.05, 0.1) is 0 Å². The molecule has 2 atom stereocenters. The van der Waals surface area contributed by atoms with Crippen LogP contribution in [0.5, 0.6) is 0 Å². The third kappa shape index (κ3) is 7.13. The molecule has 0 fully saturated rings. The molecule has 7 heteroatoms. The lowest BCUT2D eigenvalue weighted by molar-refractivity contribution is -0.137. The highest BCUT2D eigenvalue weighted by Gasteiger charge is 2.20. The Kier molecular flexibility index (Phi) is 8.32. The molecule has 0 radical (unpaired) electrons. The summed E-state index contributed by atoms with van der Waals surface area (Å²) in [5.74, 6) is -1.18. The van der Waals surface area contributed by atoms with Gasteiger partial charge in [-0.05, 0) is 24.8 Å². The van der Waals surface area contributed by atoms with Gasteiger partial charge in [-0.2, -0.15) is 0 Å². The number of carbonyl (C=O) groups excluding carboxylic acids is 2. The summed E-state index contributed by atoms with van der Waals surface area (Å²) in [5, 5.41) is 16.7. The number of carbonyl (C=O) groups is 3. The van der Waals surface area contributed by atoms with E-state index < -0.39 is 18.0 Å². The minimum Gasteiger partial charge on any atom is -0.481 e. The summed E-state index contributed by atoms with van der Waals surface area (Å²) in [6, 6.07) is 8.10. The van der Waals surface area contributed by atoms with Gasteiger partial charge in [0.15, 0.2) is 0 Å². The van der Waals surface area contributed by atoms with E-state index in [0.717, 1.165) is 5.56 Å². The van der Waals surface area contributed by atoms with E-state index in [9.17, 15) is 14.4 Å². The maximum atomic E-state index is 12.1. The summed E-state index contributed by atoms with van der Waals surface area (Å²) >= 11 is 0. The zero-order valence-corrected chi connectivity index (χ0v) is 14.0. The van der Waals surface area contributed by atoms with Crippen molar-refractivity contribution in [3.63, 3.8) is 0 Å². The van der Waals surface area contributed by atoms with Gasteiger partial charge in [-0.25, -0.2) is 4.79 Å². The molecule has 2 unspecified atom stereocenters. The summed E-state index contributed by atoms with van der Waals surface area (Å²) in [7, 11) is 1.51. The van der Waals surface area contributed by atoms with Crippen molar-refractivity contribution in [2.24, 2.45) is 0 Å². The van der Waals surface area contributed by atoms with Gasteiger partial charge in [-0.15, -0.1) is 0 Å². The standard InChI is InChI=1S/C17H25N3O4/c1-3-14(16(23)18-2)20-17(24)19-13(9-10-15(21)22)11-12-7-5-4-6-8-12/h4-8,13-14H,3,9-11H2,1-2H3,(H,18,23)(H,21,22)(H2,19,20,24). The second-order valence-electron chi connectivity index (χ2n) is 5.51. The van der Waals surface area contributed by atoms with Crippen LogP contribution < -0.4 is 16.0 Å². The molecule has 4 N–H and O–H groups in total. The maximum absolute atomic E-state index is 12.1. The van der Waals surface area contributed by atoms with E-state index in [2.05, 4.69) is 16.0 Å². The molecule has 24 heavy (non-hydrogen) atoms. The normalized spacial score (nSPS) is 12.8. The maximum Gasteiger partial charge on any atom is 0.315 e. The molecule has 132 valence electrons.